The molecule has 0 aromatic heterocycles. The third-order valence-electron chi connectivity index (χ3n) is 3.36. The fourth-order valence-electron chi connectivity index (χ4n) is 2.30. The predicted molar refractivity (Wildman–Crippen MR) is 72.7 cm³/mol. The van der Waals surface area contributed by atoms with E-state index in [0.29, 0.717) is 18.9 Å². The van der Waals surface area contributed by atoms with Crippen LogP contribution in [-0.2, 0) is 10.0 Å². The van der Waals surface area contributed by atoms with Crippen LogP contribution in [0.25, 0.3) is 0 Å². The van der Waals surface area contributed by atoms with Gasteiger partial charge in [-0.15, -0.1) is 0 Å². The number of nitrogens with one attached hydrogen (secondary N) is 1. The zero-order valence-corrected chi connectivity index (χ0v) is 12.9. The molecule has 1 aliphatic carbocycles. The lowest BCUT2D eigenvalue weighted by Gasteiger charge is -2.22. The van der Waals surface area contributed by atoms with E-state index in [9.17, 15) is 22.3 Å². The Morgan fingerprint density at radius 1 is 1.30 bits per heavy atom. The minimum atomic E-state index is -4.16. The van der Waals surface area contributed by atoms with Crippen molar-refractivity contribution in [3.63, 3.8) is 0 Å². The smallest absolute Gasteiger partial charge is 0.244 e. The van der Waals surface area contributed by atoms with Crippen LogP contribution in [0.2, 0.25) is 0 Å². The Bertz CT molecular complexity index is 592. The molecule has 2 N–H and O–H groups in total. The summed E-state index contributed by atoms with van der Waals surface area (Å²) in [4.78, 5) is -0.652. The van der Waals surface area contributed by atoms with Crippen molar-refractivity contribution in [2.24, 2.45) is 0 Å². The van der Waals surface area contributed by atoms with E-state index < -0.39 is 32.2 Å². The van der Waals surface area contributed by atoms with Gasteiger partial charge < -0.3 is 5.11 Å². The largest absolute Gasteiger partial charge is 0.389 e. The van der Waals surface area contributed by atoms with Gasteiger partial charge in [-0.2, -0.15) is 0 Å². The molecule has 0 radical (unpaired) electrons. The maximum Gasteiger partial charge on any atom is 0.244 e. The van der Waals surface area contributed by atoms with E-state index in [1.165, 1.54) is 0 Å². The molecule has 0 amide bonds. The van der Waals surface area contributed by atoms with E-state index in [2.05, 4.69) is 20.7 Å². The minimum absolute atomic E-state index is 0.182. The lowest BCUT2D eigenvalue weighted by Crippen LogP contribution is -2.41. The zero-order chi connectivity index (χ0) is 15.0. The number of halogens is 3. The van der Waals surface area contributed by atoms with Crippen molar-refractivity contribution in [3.05, 3.63) is 28.2 Å². The van der Waals surface area contributed by atoms with Gasteiger partial charge in [0, 0.05) is 17.1 Å². The highest BCUT2D eigenvalue weighted by molar-refractivity contribution is 9.10. The molecule has 20 heavy (non-hydrogen) atoms. The Hall–Kier alpha value is -0.570. The molecule has 2 rings (SSSR count). The SMILES string of the molecule is O=S(=O)(NCC1(O)CCCC1)c1c(F)cc(F)cc1Br. The Morgan fingerprint density at radius 2 is 1.90 bits per heavy atom. The van der Waals surface area contributed by atoms with Crippen LogP contribution in [-0.4, -0.2) is 25.7 Å². The van der Waals surface area contributed by atoms with Gasteiger partial charge in [0.2, 0.25) is 10.0 Å². The Labute approximate surface area is 124 Å². The summed E-state index contributed by atoms with van der Waals surface area (Å²) in [5, 5.41) is 10.1. The first-order valence-corrected chi connectivity index (χ1v) is 8.38. The number of rotatable bonds is 4. The van der Waals surface area contributed by atoms with E-state index in [1.54, 1.807) is 0 Å². The number of hydrogen-bond acceptors (Lipinski definition) is 3. The molecular formula is C12H14BrF2NO3S. The van der Waals surface area contributed by atoms with Crippen molar-refractivity contribution in [1.82, 2.24) is 4.72 Å². The summed E-state index contributed by atoms with van der Waals surface area (Å²) >= 11 is 2.84. The van der Waals surface area contributed by atoms with Crippen LogP contribution < -0.4 is 4.72 Å². The Balaban J connectivity index is 2.23. The molecule has 1 saturated carbocycles. The second-order valence-corrected chi connectivity index (χ2v) is 7.51. The first kappa shape index (κ1) is 15.8. The van der Waals surface area contributed by atoms with Gasteiger partial charge in [0.25, 0.3) is 0 Å². The number of hydrogen-bond donors (Lipinski definition) is 2. The van der Waals surface area contributed by atoms with Gasteiger partial charge >= 0.3 is 0 Å². The first-order chi connectivity index (χ1) is 9.23. The van der Waals surface area contributed by atoms with Crippen molar-refractivity contribution in [3.8, 4) is 0 Å². The van der Waals surface area contributed by atoms with Gasteiger partial charge in [-0.1, -0.05) is 12.8 Å². The van der Waals surface area contributed by atoms with E-state index >= 15 is 0 Å². The summed E-state index contributed by atoms with van der Waals surface area (Å²) in [5.41, 5.74) is -1.09. The van der Waals surface area contributed by atoms with Gasteiger partial charge in [0.1, 0.15) is 16.5 Å². The molecule has 0 spiro atoms. The average Bonchev–Trinajstić information content (AvgIpc) is 2.73. The zero-order valence-electron chi connectivity index (χ0n) is 10.5. The maximum absolute atomic E-state index is 13.7. The third kappa shape index (κ3) is 3.36. The molecule has 8 heteroatoms. The highest BCUT2D eigenvalue weighted by Gasteiger charge is 2.33. The van der Waals surface area contributed by atoms with Crippen LogP contribution in [0.1, 0.15) is 25.7 Å². The molecule has 112 valence electrons. The van der Waals surface area contributed by atoms with Crippen LogP contribution in [0.4, 0.5) is 8.78 Å². The third-order valence-corrected chi connectivity index (χ3v) is 5.72. The summed E-state index contributed by atoms with van der Waals surface area (Å²) in [6.07, 6.45) is 2.66. The fourth-order valence-corrected chi connectivity index (χ4v) is 4.58. The second kappa shape index (κ2) is 5.67. The minimum Gasteiger partial charge on any atom is -0.389 e. The fraction of sp³-hybridized carbons (Fsp3) is 0.500. The number of benzene rings is 1. The van der Waals surface area contributed by atoms with E-state index in [4.69, 9.17) is 0 Å². The lowest BCUT2D eigenvalue weighted by atomic mass is 10.0. The van der Waals surface area contributed by atoms with Crippen molar-refractivity contribution < 1.29 is 22.3 Å². The maximum atomic E-state index is 13.7. The van der Waals surface area contributed by atoms with Crippen LogP contribution in [0, 0.1) is 11.6 Å². The number of sulfonamides is 1. The normalized spacial score (nSPS) is 18.4. The van der Waals surface area contributed by atoms with Gasteiger partial charge in [0.15, 0.2) is 0 Å². The summed E-state index contributed by atoms with van der Waals surface area (Å²) in [5.74, 6) is -2.05. The topological polar surface area (TPSA) is 66.4 Å². The summed E-state index contributed by atoms with van der Waals surface area (Å²) in [6, 6.07) is 1.38. The molecule has 4 nitrogen and oxygen atoms in total. The van der Waals surface area contributed by atoms with E-state index in [1.807, 2.05) is 0 Å². The van der Waals surface area contributed by atoms with Crippen molar-refractivity contribution in [1.29, 1.82) is 0 Å². The Kier molecular flexibility index (Phi) is 4.48. The van der Waals surface area contributed by atoms with Gasteiger partial charge in [-0.05, 0) is 34.8 Å². The summed E-state index contributed by atoms with van der Waals surface area (Å²) in [7, 11) is -4.16. The van der Waals surface area contributed by atoms with E-state index in [-0.39, 0.29) is 11.0 Å². The molecular weight excluding hydrogens is 356 g/mol. The van der Waals surface area contributed by atoms with Crippen molar-refractivity contribution in [2.45, 2.75) is 36.2 Å². The molecule has 1 aromatic rings. The molecule has 0 heterocycles. The van der Waals surface area contributed by atoms with Gasteiger partial charge in [-0.25, -0.2) is 21.9 Å². The van der Waals surface area contributed by atoms with Gasteiger partial charge in [0.05, 0.1) is 5.60 Å². The molecule has 0 unspecified atom stereocenters. The van der Waals surface area contributed by atoms with Crippen LogP contribution in [0.15, 0.2) is 21.5 Å². The number of aliphatic hydroxyl groups is 1. The molecule has 0 atom stereocenters. The second-order valence-electron chi connectivity index (χ2n) is 4.95. The van der Waals surface area contributed by atoms with E-state index in [0.717, 1.165) is 18.9 Å². The first-order valence-electron chi connectivity index (χ1n) is 6.10. The summed E-state index contributed by atoms with van der Waals surface area (Å²) in [6.45, 7) is -0.182. The monoisotopic (exact) mass is 369 g/mol. The van der Waals surface area contributed by atoms with Crippen molar-refractivity contribution in [2.75, 3.05) is 6.54 Å². The molecule has 0 bridgehead atoms. The standard InChI is InChI=1S/C12H14BrF2NO3S/c13-9-5-8(14)6-10(15)11(9)20(18,19)16-7-12(17)3-1-2-4-12/h5-6,16-17H,1-4,7H2. The Morgan fingerprint density at radius 3 is 2.45 bits per heavy atom. The lowest BCUT2D eigenvalue weighted by molar-refractivity contribution is 0.0531. The highest BCUT2D eigenvalue weighted by Crippen LogP contribution is 2.30. The van der Waals surface area contributed by atoms with Crippen molar-refractivity contribution >= 4 is 26.0 Å². The molecule has 1 aromatic carbocycles. The molecule has 1 fully saturated rings. The molecule has 0 saturated heterocycles. The average molecular weight is 370 g/mol. The molecule has 1 aliphatic rings. The van der Waals surface area contributed by atoms with Crippen LogP contribution >= 0.6 is 15.9 Å². The van der Waals surface area contributed by atoms with Gasteiger partial charge in [-0.3, -0.25) is 0 Å². The summed E-state index contributed by atoms with van der Waals surface area (Å²) < 4.78 is 52.7. The quantitative estimate of drug-likeness (QED) is 0.855. The highest BCUT2D eigenvalue weighted by atomic mass is 79.9. The van der Waals surface area contributed by atoms with Crippen LogP contribution in [0.5, 0.6) is 0 Å². The molecule has 0 aliphatic heterocycles. The predicted octanol–water partition coefficient (Wildman–Crippen LogP) is 2.31. The van der Waals surface area contributed by atoms with Crippen LogP contribution in [0.3, 0.4) is 0 Å².